The summed E-state index contributed by atoms with van der Waals surface area (Å²) in [5.74, 6) is -0.581. The fourth-order valence-corrected chi connectivity index (χ4v) is 2.28. The second kappa shape index (κ2) is 9.79. The highest BCUT2D eigenvalue weighted by Gasteiger charge is 2.07. The van der Waals surface area contributed by atoms with Gasteiger partial charge in [-0.2, -0.15) is 0 Å². The van der Waals surface area contributed by atoms with Crippen LogP contribution in [0.2, 0.25) is 0 Å². The van der Waals surface area contributed by atoms with Crippen molar-refractivity contribution in [1.29, 1.82) is 0 Å². The Hall–Kier alpha value is -2.40. The Bertz CT molecular complexity index is 737. The first-order chi connectivity index (χ1) is 12.1. The molecule has 1 N–H and O–H groups in total. The summed E-state index contributed by atoms with van der Waals surface area (Å²) >= 11 is 3.37. The first kappa shape index (κ1) is 18.9. The number of unbranched alkanes of at least 4 members (excludes halogenated alkanes) is 1. The predicted octanol–water partition coefficient (Wildman–Crippen LogP) is 5.06. The van der Waals surface area contributed by atoms with Gasteiger partial charge in [-0.05, 0) is 54.5 Å². The SMILES string of the molecule is CCCCOC(=O)c1ccc(NC(=O)/C=C/c2ccc(Br)cc2)cc1. The van der Waals surface area contributed by atoms with Crippen molar-refractivity contribution in [3.05, 3.63) is 70.2 Å². The van der Waals surface area contributed by atoms with Gasteiger partial charge in [0.05, 0.1) is 12.2 Å². The lowest BCUT2D eigenvalue weighted by Gasteiger charge is -2.05. The van der Waals surface area contributed by atoms with Gasteiger partial charge in [-0.1, -0.05) is 41.4 Å². The Morgan fingerprint density at radius 3 is 2.40 bits per heavy atom. The minimum atomic E-state index is -0.346. The average molecular weight is 402 g/mol. The van der Waals surface area contributed by atoms with Crippen LogP contribution in [0.4, 0.5) is 5.69 Å². The van der Waals surface area contributed by atoms with Crippen LogP contribution in [0, 0.1) is 0 Å². The highest BCUT2D eigenvalue weighted by molar-refractivity contribution is 9.10. The molecule has 0 saturated heterocycles. The summed E-state index contributed by atoms with van der Waals surface area (Å²) in [6.07, 6.45) is 5.04. The van der Waals surface area contributed by atoms with E-state index in [1.807, 2.05) is 31.2 Å². The van der Waals surface area contributed by atoms with Crippen molar-refractivity contribution in [2.75, 3.05) is 11.9 Å². The highest BCUT2D eigenvalue weighted by Crippen LogP contribution is 2.13. The normalized spacial score (nSPS) is 10.6. The number of rotatable bonds is 7. The van der Waals surface area contributed by atoms with Gasteiger partial charge in [0.25, 0.3) is 0 Å². The van der Waals surface area contributed by atoms with Gasteiger partial charge in [-0.25, -0.2) is 4.79 Å². The molecule has 5 heteroatoms. The molecule has 0 atom stereocenters. The van der Waals surface area contributed by atoms with E-state index >= 15 is 0 Å². The van der Waals surface area contributed by atoms with Crippen LogP contribution in [0.3, 0.4) is 0 Å². The summed E-state index contributed by atoms with van der Waals surface area (Å²) in [4.78, 5) is 23.8. The number of halogens is 1. The number of carbonyl (C=O) groups is 2. The molecule has 0 fully saturated rings. The Morgan fingerprint density at radius 2 is 1.76 bits per heavy atom. The Morgan fingerprint density at radius 1 is 1.08 bits per heavy atom. The van der Waals surface area contributed by atoms with E-state index < -0.39 is 0 Å². The molecule has 0 saturated carbocycles. The second-order valence-corrected chi connectivity index (χ2v) is 6.36. The van der Waals surface area contributed by atoms with Gasteiger partial charge in [-0.3, -0.25) is 4.79 Å². The summed E-state index contributed by atoms with van der Waals surface area (Å²) in [6.45, 7) is 2.46. The van der Waals surface area contributed by atoms with Gasteiger partial charge in [0.15, 0.2) is 0 Å². The van der Waals surface area contributed by atoms with E-state index in [4.69, 9.17) is 4.74 Å². The highest BCUT2D eigenvalue weighted by atomic mass is 79.9. The molecule has 0 aliphatic heterocycles. The van der Waals surface area contributed by atoms with Crippen molar-refractivity contribution >= 4 is 39.6 Å². The van der Waals surface area contributed by atoms with E-state index in [1.165, 1.54) is 6.08 Å². The number of hydrogen-bond acceptors (Lipinski definition) is 3. The molecule has 0 radical (unpaired) electrons. The van der Waals surface area contributed by atoms with E-state index in [1.54, 1.807) is 30.3 Å². The standard InChI is InChI=1S/C20H20BrNO3/c1-2-3-14-25-20(24)16-7-11-18(12-8-16)22-19(23)13-6-15-4-9-17(21)10-5-15/h4-13H,2-3,14H2,1H3,(H,22,23)/b13-6+. The molecule has 0 bridgehead atoms. The largest absolute Gasteiger partial charge is 0.462 e. The summed E-state index contributed by atoms with van der Waals surface area (Å²) in [5, 5.41) is 2.75. The van der Waals surface area contributed by atoms with Crippen molar-refractivity contribution in [1.82, 2.24) is 0 Å². The molecule has 0 aliphatic rings. The van der Waals surface area contributed by atoms with Crippen molar-refractivity contribution in [2.45, 2.75) is 19.8 Å². The topological polar surface area (TPSA) is 55.4 Å². The predicted molar refractivity (Wildman–Crippen MR) is 103 cm³/mol. The van der Waals surface area contributed by atoms with Crippen LogP contribution < -0.4 is 5.32 Å². The number of amides is 1. The molecule has 2 rings (SSSR count). The zero-order valence-corrected chi connectivity index (χ0v) is 15.6. The first-order valence-corrected chi connectivity index (χ1v) is 8.89. The first-order valence-electron chi connectivity index (χ1n) is 8.10. The van der Waals surface area contributed by atoms with Crippen LogP contribution in [0.5, 0.6) is 0 Å². The molecule has 130 valence electrons. The van der Waals surface area contributed by atoms with Gasteiger partial charge >= 0.3 is 5.97 Å². The molecule has 4 nitrogen and oxygen atoms in total. The van der Waals surface area contributed by atoms with Crippen molar-refractivity contribution in [3.8, 4) is 0 Å². The number of hydrogen-bond donors (Lipinski definition) is 1. The van der Waals surface area contributed by atoms with Crippen LogP contribution in [0.1, 0.15) is 35.7 Å². The van der Waals surface area contributed by atoms with Gasteiger partial charge in [0.2, 0.25) is 5.91 Å². The maximum Gasteiger partial charge on any atom is 0.338 e. The molecule has 25 heavy (non-hydrogen) atoms. The van der Waals surface area contributed by atoms with Crippen LogP contribution in [0.25, 0.3) is 6.08 Å². The summed E-state index contributed by atoms with van der Waals surface area (Å²) in [6, 6.07) is 14.3. The third kappa shape index (κ3) is 6.55. The minimum Gasteiger partial charge on any atom is -0.462 e. The van der Waals surface area contributed by atoms with Crippen LogP contribution >= 0.6 is 15.9 Å². The molecule has 0 aliphatic carbocycles. The fraction of sp³-hybridized carbons (Fsp3) is 0.200. The third-order valence-corrected chi connectivity index (χ3v) is 3.95. The Balaban J connectivity index is 1.88. The molecule has 2 aromatic carbocycles. The lowest BCUT2D eigenvalue weighted by Crippen LogP contribution is -2.09. The summed E-state index contributed by atoms with van der Waals surface area (Å²) in [7, 11) is 0. The van der Waals surface area contributed by atoms with Crippen molar-refractivity contribution < 1.29 is 14.3 Å². The monoisotopic (exact) mass is 401 g/mol. The fourth-order valence-electron chi connectivity index (χ4n) is 2.01. The second-order valence-electron chi connectivity index (χ2n) is 5.44. The van der Waals surface area contributed by atoms with Crippen LogP contribution in [-0.2, 0) is 9.53 Å². The average Bonchev–Trinajstić information content (AvgIpc) is 2.62. The molecule has 0 aromatic heterocycles. The third-order valence-electron chi connectivity index (χ3n) is 3.42. The Kier molecular flexibility index (Phi) is 7.41. The molecule has 0 heterocycles. The van der Waals surface area contributed by atoms with E-state index in [0.717, 1.165) is 22.9 Å². The van der Waals surface area contributed by atoms with Crippen molar-refractivity contribution in [3.63, 3.8) is 0 Å². The van der Waals surface area contributed by atoms with E-state index in [0.29, 0.717) is 17.9 Å². The maximum atomic E-state index is 11.9. The number of nitrogens with one attached hydrogen (secondary N) is 1. The number of benzene rings is 2. The minimum absolute atomic E-state index is 0.235. The number of anilines is 1. The molecular weight excluding hydrogens is 382 g/mol. The van der Waals surface area contributed by atoms with Crippen LogP contribution in [-0.4, -0.2) is 18.5 Å². The van der Waals surface area contributed by atoms with E-state index in [9.17, 15) is 9.59 Å². The van der Waals surface area contributed by atoms with Gasteiger partial charge in [0.1, 0.15) is 0 Å². The Labute approximate surface area is 156 Å². The lowest BCUT2D eigenvalue weighted by molar-refractivity contribution is -0.111. The van der Waals surface area contributed by atoms with Crippen LogP contribution in [0.15, 0.2) is 59.1 Å². The number of ether oxygens (including phenoxy) is 1. The van der Waals surface area contributed by atoms with Gasteiger partial charge in [0, 0.05) is 16.2 Å². The van der Waals surface area contributed by atoms with Gasteiger partial charge in [-0.15, -0.1) is 0 Å². The lowest BCUT2D eigenvalue weighted by atomic mass is 10.2. The zero-order chi connectivity index (χ0) is 18.1. The quantitative estimate of drug-likeness (QED) is 0.400. The maximum absolute atomic E-state index is 11.9. The zero-order valence-electron chi connectivity index (χ0n) is 14.0. The smallest absolute Gasteiger partial charge is 0.338 e. The van der Waals surface area contributed by atoms with E-state index in [2.05, 4.69) is 21.2 Å². The summed E-state index contributed by atoms with van der Waals surface area (Å²) in [5.41, 5.74) is 2.03. The molecule has 2 aromatic rings. The van der Waals surface area contributed by atoms with Crippen molar-refractivity contribution in [2.24, 2.45) is 0 Å². The molecule has 0 spiro atoms. The molecule has 1 amide bonds. The molecule has 0 unspecified atom stereocenters. The summed E-state index contributed by atoms with van der Waals surface area (Å²) < 4.78 is 6.13. The number of carbonyl (C=O) groups excluding carboxylic acids is 2. The van der Waals surface area contributed by atoms with E-state index in [-0.39, 0.29) is 11.9 Å². The van der Waals surface area contributed by atoms with Gasteiger partial charge < -0.3 is 10.1 Å². The number of esters is 1. The molecular formula is C20H20BrNO3.